The van der Waals surface area contributed by atoms with Crippen LogP contribution < -0.4 is 0 Å². The van der Waals surface area contributed by atoms with Crippen LogP contribution >= 0.6 is 0 Å². The number of hydrogen-bond acceptors (Lipinski definition) is 5. The number of amides is 2. The molecule has 0 radical (unpaired) electrons. The first-order valence-electron chi connectivity index (χ1n) is 8.54. The van der Waals surface area contributed by atoms with Crippen molar-refractivity contribution in [3.8, 4) is 0 Å². The lowest BCUT2D eigenvalue weighted by Crippen LogP contribution is -2.28. The minimum Gasteiger partial charge on any atom is -0.460 e. The Morgan fingerprint density at radius 1 is 1.12 bits per heavy atom. The van der Waals surface area contributed by atoms with Crippen molar-refractivity contribution in [2.75, 3.05) is 6.61 Å². The van der Waals surface area contributed by atoms with Crippen LogP contribution in [0.2, 0.25) is 0 Å². The van der Waals surface area contributed by atoms with E-state index < -0.39 is 5.97 Å². The van der Waals surface area contributed by atoms with E-state index in [4.69, 9.17) is 4.74 Å². The summed E-state index contributed by atoms with van der Waals surface area (Å²) >= 11 is 0. The summed E-state index contributed by atoms with van der Waals surface area (Å²) in [5.74, 6) is -0.711. The van der Waals surface area contributed by atoms with Gasteiger partial charge in [-0.3, -0.25) is 19.2 Å². The number of ether oxygens (including phenoxy) is 1. The zero-order valence-corrected chi connectivity index (χ0v) is 14.9. The number of esters is 1. The van der Waals surface area contributed by atoms with E-state index in [0.717, 1.165) is 17.0 Å². The molecule has 3 rings (SSSR count). The number of aryl methyl sites for hydroxylation is 2. The van der Waals surface area contributed by atoms with Gasteiger partial charge >= 0.3 is 5.97 Å². The second-order valence-electron chi connectivity index (χ2n) is 6.36. The summed E-state index contributed by atoms with van der Waals surface area (Å²) in [4.78, 5) is 36.7. The van der Waals surface area contributed by atoms with E-state index in [0.29, 0.717) is 12.1 Å². The molecular weight excluding hydrogens is 334 g/mol. The van der Waals surface area contributed by atoms with Crippen molar-refractivity contribution in [2.45, 2.75) is 39.8 Å². The maximum atomic E-state index is 12.1. The van der Waals surface area contributed by atoms with E-state index in [9.17, 15) is 14.4 Å². The van der Waals surface area contributed by atoms with Gasteiger partial charge in [-0.15, -0.1) is 0 Å². The van der Waals surface area contributed by atoms with E-state index in [2.05, 4.69) is 5.10 Å². The smallest absolute Gasteiger partial charge is 0.338 e. The maximum Gasteiger partial charge on any atom is 0.338 e. The standard InChI is InChI=1S/C19H21N3O4/c1-13-11-14(2)22(20-13)9-10-26-19(25)16-5-3-15(4-6-16)12-21-17(23)7-8-18(21)24/h3-6,11H,7-10,12H2,1-2H3. The lowest BCUT2D eigenvalue weighted by Gasteiger charge is -2.13. The van der Waals surface area contributed by atoms with E-state index in [1.165, 1.54) is 4.90 Å². The van der Waals surface area contributed by atoms with Crippen LogP contribution in [-0.2, 0) is 27.4 Å². The summed E-state index contributed by atoms with van der Waals surface area (Å²) in [6.45, 7) is 4.85. The molecule has 2 aromatic rings. The number of hydrogen-bond donors (Lipinski definition) is 0. The summed E-state index contributed by atoms with van der Waals surface area (Å²) in [5, 5.41) is 4.32. The van der Waals surface area contributed by atoms with Crippen LogP contribution in [0.1, 0.15) is 40.2 Å². The highest BCUT2D eigenvalue weighted by molar-refractivity contribution is 6.01. The first-order valence-corrected chi connectivity index (χ1v) is 8.54. The Hall–Kier alpha value is -2.96. The number of benzene rings is 1. The largest absolute Gasteiger partial charge is 0.460 e. The summed E-state index contributed by atoms with van der Waals surface area (Å²) in [5.41, 5.74) is 3.18. The molecule has 26 heavy (non-hydrogen) atoms. The third-order valence-corrected chi connectivity index (χ3v) is 4.32. The van der Waals surface area contributed by atoms with Crippen LogP contribution in [0.3, 0.4) is 0 Å². The third kappa shape index (κ3) is 3.99. The molecule has 1 aromatic carbocycles. The van der Waals surface area contributed by atoms with Crippen molar-refractivity contribution in [3.63, 3.8) is 0 Å². The van der Waals surface area contributed by atoms with Crippen LogP contribution in [0.15, 0.2) is 30.3 Å². The van der Waals surface area contributed by atoms with Crippen LogP contribution in [0.4, 0.5) is 0 Å². The quantitative estimate of drug-likeness (QED) is 0.585. The average Bonchev–Trinajstić information content (AvgIpc) is 3.10. The number of likely N-dealkylation sites (tertiary alicyclic amines) is 1. The van der Waals surface area contributed by atoms with E-state index in [-0.39, 0.29) is 37.8 Å². The molecule has 0 N–H and O–H groups in total. The molecule has 0 atom stereocenters. The second kappa shape index (κ2) is 7.51. The van der Waals surface area contributed by atoms with E-state index in [1.54, 1.807) is 28.9 Å². The monoisotopic (exact) mass is 355 g/mol. The first kappa shape index (κ1) is 17.8. The molecule has 2 amide bonds. The van der Waals surface area contributed by atoms with Crippen molar-refractivity contribution < 1.29 is 19.1 Å². The Labute approximate surface area is 151 Å². The zero-order chi connectivity index (χ0) is 18.7. The molecule has 1 aromatic heterocycles. The van der Waals surface area contributed by atoms with Gasteiger partial charge in [-0.2, -0.15) is 5.10 Å². The SMILES string of the molecule is Cc1cc(C)n(CCOC(=O)c2ccc(CN3C(=O)CCC3=O)cc2)n1. The molecule has 0 saturated carbocycles. The molecule has 1 aliphatic heterocycles. The summed E-state index contributed by atoms with van der Waals surface area (Å²) < 4.78 is 7.09. The van der Waals surface area contributed by atoms with Gasteiger partial charge in [0, 0.05) is 18.5 Å². The molecule has 0 bridgehead atoms. The predicted octanol–water partition coefficient (Wildman–Crippen LogP) is 2.01. The van der Waals surface area contributed by atoms with Crippen LogP contribution in [0.5, 0.6) is 0 Å². The van der Waals surface area contributed by atoms with Gasteiger partial charge in [0.1, 0.15) is 6.61 Å². The van der Waals surface area contributed by atoms with Crippen molar-refractivity contribution in [1.82, 2.24) is 14.7 Å². The maximum absolute atomic E-state index is 12.1. The number of aromatic nitrogens is 2. The third-order valence-electron chi connectivity index (χ3n) is 4.32. The van der Waals surface area contributed by atoms with Crippen molar-refractivity contribution >= 4 is 17.8 Å². The lowest BCUT2D eigenvalue weighted by atomic mass is 10.1. The predicted molar refractivity (Wildman–Crippen MR) is 93.2 cm³/mol. The summed E-state index contributed by atoms with van der Waals surface area (Å²) in [6.07, 6.45) is 0.553. The fraction of sp³-hybridized carbons (Fsp3) is 0.368. The molecule has 1 fully saturated rings. The minimum absolute atomic E-state index is 0.150. The molecule has 136 valence electrons. The summed E-state index contributed by atoms with van der Waals surface area (Å²) in [7, 11) is 0. The van der Waals surface area contributed by atoms with Gasteiger partial charge in [-0.1, -0.05) is 12.1 Å². The first-order chi connectivity index (χ1) is 12.4. The Morgan fingerprint density at radius 3 is 2.35 bits per heavy atom. The van der Waals surface area contributed by atoms with Crippen molar-refractivity contribution in [2.24, 2.45) is 0 Å². The normalized spacial score (nSPS) is 14.2. The minimum atomic E-state index is -0.411. The number of nitrogens with zero attached hydrogens (tertiary/aromatic N) is 3. The highest BCUT2D eigenvalue weighted by Gasteiger charge is 2.28. The van der Waals surface area contributed by atoms with Gasteiger partial charge in [0.25, 0.3) is 0 Å². The molecule has 1 saturated heterocycles. The van der Waals surface area contributed by atoms with Gasteiger partial charge in [0.2, 0.25) is 11.8 Å². The van der Waals surface area contributed by atoms with Crippen molar-refractivity contribution in [3.05, 3.63) is 52.8 Å². The van der Waals surface area contributed by atoms with E-state index in [1.807, 2.05) is 19.9 Å². The molecule has 0 spiro atoms. The Kier molecular flexibility index (Phi) is 5.16. The Balaban J connectivity index is 1.52. The Morgan fingerprint density at radius 2 is 1.77 bits per heavy atom. The number of rotatable bonds is 6. The fourth-order valence-corrected chi connectivity index (χ4v) is 2.94. The number of imide groups is 1. The number of carbonyl (C=O) groups is 3. The zero-order valence-electron chi connectivity index (χ0n) is 14.9. The van der Waals surface area contributed by atoms with Gasteiger partial charge in [0.15, 0.2) is 0 Å². The molecule has 1 aliphatic rings. The topological polar surface area (TPSA) is 81.5 Å². The molecule has 2 heterocycles. The molecule has 0 unspecified atom stereocenters. The van der Waals surface area contributed by atoms with Gasteiger partial charge < -0.3 is 4.74 Å². The Bertz CT molecular complexity index is 823. The van der Waals surface area contributed by atoms with E-state index >= 15 is 0 Å². The van der Waals surface area contributed by atoms with Crippen LogP contribution in [-0.4, -0.2) is 39.1 Å². The lowest BCUT2D eigenvalue weighted by molar-refractivity contribution is -0.139. The molecule has 0 aliphatic carbocycles. The molecular formula is C19H21N3O4. The second-order valence-corrected chi connectivity index (χ2v) is 6.36. The summed E-state index contributed by atoms with van der Waals surface area (Å²) in [6, 6.07) is 8.72. The highest BCUT2D eigenvalue weighted by atomic mass is 16.5. The number of carbonyl (C=O) groups excluding carboxylic acids is 3. The molecule has 7 nitrogen and oxygen atoms in total. The van der Waals surface area contributed by atoms with Crippen molar-refractivity contribution in [1.29, 1.82) is 0 Å². The molecule has 7 heteroatoms. The van der Waals surface area contributed by atoms with Gasteiger partial charge in [-0.05, 0) is 37.6 Å². The van der Waals surface area contributed by atoms with Crippen LogP contribution in [0.25, 0.3) is 0 Å². The average molecular weight is 355 g/mol. The van der Waals surface area contributed by atoms with Gasteiger partial charge in [0.05, 0.1) is 24.3 Å². The highest BCUT2D eigenvalue weighted by Crippen LogP contribution is 2.16. The van der Waals surface area contributed by atoms with Crippen LogP contribution in [0, 0.1) is 13.8 Å². The fourth-order valence-electron chi connectivity index (χ4n) is 2.94. The van der Waals surface area contributed by atoms with Gasteiger partial charge in [-0.25, -0.2) is 4.79 Å².